The van der Waals surface area contributed by atoms with Crippen molar-refractivity contribution < 1.29 is 4.79 Å². The number of aryl methyl sites for hydroxylation is 4. The Morgan fingerprint density at radius 2 is 1.97 bits per heavy atom. The summed E-state index contributed by atoms with van der Waals surface area (Å²) < 4.78 is 1.61. The van der Waals surface area contributed by atoms with Crippen molar-refractivity contribution in [2.24, 2.45) is 0 Å². The number of rotatable bonds is 4. The molecule has 29 heavy (non-hydrogen) atoms. The van der Waals surface area contributed by atoms with Crippen molar-refractivity contribution in [3.8, 4) is 11.3 Å². The zero-order valence-corrected chi connectivity index (χ0v) is 17.5. The highest BCUT2D eigenvalue weighted by molar-refractivity contribution is 7.14. The van der Waals surface area contributed by atoms with Crippen LogP contribution in [0.4, 0.5) is 5.13 Å². The number of amides is 1. The van der Waals surface area contributed by atoms with Gasteiger partial charge in [-0.15, -0.1) is 11.3 Å². The second-order valence-corrected chi connectivity index (χ2v) is 8.01. The van der Waals surface area contributed by atoms with Gasteiger partial charge in [0.25, 0.3) is 5.56 Å². The molecule has 2 N–H and O–H groups in total. The molecule has 0 saturated carbocycles. The molecular formula is C21H21N5O2S. The summed E-state index contributed by atoms with van der Waals surface area (Å²) in [6.45, 7) is 7.82. The van der Waals surface area contributed by atoms with Crippen LogP contribution in [0.1, 0.15) is 28.1 Å². The van der Waals surface area contributed by atoms with Crippen LogP contribution in [-0.2, 0) is 11.2 Å². The van der Waals surface area contributed by atoms with Gasteiger partial charge >= 0.3 is 0 Å². The van der Waals surface area contributed by atoms with E-state index in [4.69, 9.17) is 0 Å². The van der Waals surface area contributed by atoms with E-state index in [-0.39, 0.29) is 17.9 Å². The molecule has 0 aliphatic rings. The number of nitrogens with zero attached hydrogens (tertiary/aromatic N) is 3. The summed E-state index contributed by atoms with van der Waals surface area (Å²) >= 11 is 1.40. The van der Waals surface area contributed by atoms with Gasteiger partial charge in [-0.2, -0.15) is 0 Å². The minimum Gasteiger partial charge on any atom is -0.302 e. The van der Waals surface area contributed by atoms with Gasteiger partial charge in [0.2, 0.25) is 5.91 Å². The summed E-state index contributed by atoms with van der Waals surface area (Å²) in [5.74, 6) is -0.173. The first-order chi connectivity index (χ1) is 13.8. The predicted molar refractivity (Wildman–Crippen MR) is 115 cm³/mol. The van der Waals surface area contributed by atoms with Crippen molar-refractivity contribution in [3.05, 3.63) is 68.1 Å². The van der Waals surface area contributed by atoms with Crippen molar-refractivity contribution in [2.45, 2.75) is 34.1 Å². The Balaban J connectivity index is 1.54. The van der Waals surface area contributed by atoms with Gasteiger partial charge in [-0.25, -0.2) is 14.5 Å². The third-order valence-corrected chi connectivity index (χ3v) is 5.71. The van der Waals surface area contributed by atoms with Crippen LogP contribution < -0.4 is 10.9 Å². The van der Waals surface area contributed by atoms with Crippen molar-refractivity contribution in [3.63, 3.8) is 0 Å². The van der Waals surface area contributed by atoms with Crippen molar-refractivity contribution in [2.75, 3.05) is 5.32 Å². The molecular weight excluding hydrogens is 386 g/mol. The van der Waals surface area contributed by atoms with Gasteiger partial charge in [0.15, 0.2) is 10.8 Å². The van der Waals surface area contributed by atoms with E-state index >= 15 is 0 Å². The van der Waals surface area contributed by atoms with E-state index < -0.39 is 0 Å². The second kappa shape index (κ2) is 7.29. The maximum absolute atomic E-state index is 12.6. The molecule has 1 aromatic carbocycles. The number of benzene rings is 1. The Morgan fingerprint density at radius 3 is 2.72 bits per heavy atom. The van der Waals surface area contributed by atoms with Crippen LogP contribution >= 0.6 is 11.3 Å². The molecule has 0 aliphatic carbocycles. The summed E-state index contributed by atoms with van der Waals surface area (Å²) in [7, 11) is 0. The van der Waals surface area contributed by atoms with E-state index in [0.29, 0.717) is 10.8 Å². The fraction of sp³-hybridized carbons (Fsp3) is 0.238. The predicted octanol–water partition coefficient (Wildman–Crippen LogP) is 3.56. The Labute approximate surface area is 171 Å². The van der Waals surface area contributed by atoms with Gasteiger partial charge < -0.3 is 5.32 Å². The lowest BCUT2D eigenvalue weighted by Gasteiger charge is -2.11. The molecule has 0 saturated heterocycles. The quantitative estimate of drug-likeness (QED) is 0.541. The van der Waals surface area contributed by atoms with Crippen LogP contribution in [0, 0.1) is 27.7 Å². The van der Waals surface area contributed by atoms with E-state index in [0.717, 1.165) is 33.8 Å². The second-order valence-electron chi connectivity index (χ2n) is 7.16. The molecule has 0 radical (unpaired) electrons. The molecule has 4 aromatic rings. The summed E-state index contributed by atoms with van der Waals surface area (Å²) in [4.78, 5) is 33.2. The van der Waals surface area contributed by atoms with Gasteiger partial charge in [0.1, 0.15) is 0 Å². The minimum absolute atomic E-state index is 0.152. The number of nitrogens with one attached hydrogen (secondary N) is 2. The number of H-pyrrole nitrogens is 1. The van der Waals surface area contributed by atoms with Gasteiger partial charge in [-0.3, -0.25) is 14.7 Å². The van der Waals surface area contributed by atoms with Gasteiger partial charge in [-0.1, -0.05) is 23.8 Å². The molecule has 0 aliphatic heterocycles. The normalized spacial score (nSPS) is 11.2. The summed E-state index contributed by atoms with van der Waals surface area (Å²) in [5.41, 5.74) is 6.90. The third-order valence-electron chi connectivity index (χ3n) is 4.95. The van der Waals surface area contributed by atoms with Crippen molar-refractivity contribution in [1.82, 2.24) is 19.6 Å². The smallest absolute Gasteiger partial charge is 0.266 e. The number of hydrogen-bond donors (Lipinski definition) is 2. The highest BCUT2D eigenvalue weighted by atomic mass is 32.1. The maximum atomic E-state index is 12.6. The van der Waals surface area contributed by atoms with Crippen LogP contribution in [-0.4, -0.2) is 25.5 Å². The third kappa shape index (κ3) is 3.71. The van der Waals surface area contributed by atoms with Crippen LogP contribution in [0.5, 0.6) is 0 Å². The van der Waals surface area contributed by atoms with Crippen LogP contribution in [0.25, 0.3) is 16.9 Å². The number of aromatic nitrogens is 4. The van der Waals surface area contributed by atoms with Gasteiger partial charge in [0, 0.05) is 34.0 Å². The van der Waals surface area contributed by atoms with Gasteiger partial charge in [-0.05, 0) is 33.3 Å². The van der Waals surface area contributed by atoms with E-state index in [1.807, 2.05) is 19.2 Å². The molecule has 0 unspecified atom stereocenters. The van der Waals surface area contributed by atoms with E-state index in [1.54, 1.807) is 4.52 Å². The van der Waals surface area contributed by atoms with E-state index in [2.05, 4.69) is 52.4 Å². The number of anilines is 1. The number of hydrogen-bond acceptors (Lipinski definition) is 5. The highest BCUT2D eigenvalue weighted by Gasteiger charge is 2.16. The van der Waals surface area contributed by atoms with E-state index in [9.17, 15) is 9.59 Å². The largest absolute Gasteiger partial charge is 0.302 e. The summed E-state index contributed by atoms with van der Waals surface area (Å²) in [6, 6.07) is 7.66. The average molecular weight is 407 g/mol. The molecule has 0 spiro atoms. The highest BCUT2D eigenvalue weighted by Crippen LogP contribution is 2.28. The number of thiazole rings is 1. The molecule has 0 atom stereocenters. The molecule has 8 heteroatoms. The van der Waals surface area contributed by atoms with E-state index in [1.165, 1.54) is 23.0 Å². The lowest BCUT2D eigenvalue weighted by atomic mass is 10.0. The summed E-state index contributed by atoms with van der Waals surface area (Å²) in [5, 5.41) is 8.09. The maximum Gasteiger partial charge on any atom is 0.266 e. The first-order valence-electron chi connectivity index (χ1n) is 9.22. The van der Waals surface area contributed by atoms with Crippen molar-refractivity contribution in [1.29, 1.82) is 0 Å². The molecule has 7 nitrogen and oxygen atoms in total. The fourth-order valence-electron chi connectivity index (χ4n) is 3.49. The molecule has 0 bridgehead atoms. The molecule has 3 heterocycles. The van der Waals surface area contributed by atoms with Crippen LogP contribution in [0.3, 0.4) is 0 Å². The molecule has 3 aromatic heterocycles. The Kier molecular flexibility index (Phi) is 4.79. The van der Waals surface area contributed by atoms with Crippen molar-refractivity contribution >= 4 is 28.0 Å². The lowest BCUT2D eigenvalue weighted by Crippen LogP contribution is -2.17. The summed E-state index contributed by atoms with van der Waals surface area (Å²) in [6.07, 6.45) is 0.152. The molecule has 0 fully saturated rings. The zero-order valence-electron chi connectivity index (χ0n) is 16.7. The SMILES string of the molecule is Cc1ccc(-c2csc(NC(=O)Cc3c(C)nc4cc(=O)[nH]n4c3C)n2)c(C)c1. The molecule has 4 rings (SSSR count). The topological polar surface area (TPSA) is 92.1 Å². The fourth-order valence-corrected chi connectivity index (χ4v) is 4.22. The Morgan fingerprint density at radius 1 is 1.17 bits per heavy atom. The Hall–Kier alpha value is -3.26. The molecule has 1 amide bonds. The monoisotopic (exact) mass is 407 g/mol. The van der Waals surface area contributed by atoms with Crippen LogP contribution in [0.15, 0.2) is 34.4 Å². The van der Waals surface area contributed by atoms with Gasteiger partial charge in [0.05, 0.1) is 12.1 Å². The number of fused-ring (bicyclic) bond motifs is 1. The zero-order chi connectivity index (χ0) is 20.7. The first kappa shape index (κ1) is 19.1. The standard InChI is InChI=1S/C21H21N5O2S/c1-11-5-6-15(12(2)7-11)17-10-29-21(23-17)24-19(27)8-16-13(3)22-18-9-20(28)25-26(18)14(16)4/h5-7,9-10H,8H2,1-4H3,(H,25,28)(H,23,24,27). The van der Waals surface area contributed by atoms with Crippen LogP contribution in [0.2, 0.25) is 0 Å². The Bertz CT molecular complexity index is 1300. The lowest BCUT2D eigenvalue weighted by molar-refractivity contribution is -0.115. The number of aromatic amines is 1. The molecule has 148 valence electrons. The number of carbonyl (C=O) groups excluding carboxylic acids is 1. The minimum atomic E-state index is -0.219. The number of carbonyl (C=O) groups is 1. The average Bonchev–Trinajstić information content (AvgIpc) is 3.25. The first-order valence-corrected chi connectivity index (χ1v) is 10.1.